The zero-order chi connectivity index (χ0) is 20.8. The molecule has 1 aromatic heterocycles. The van der Waals surface area contributed by atoms with Crippen molar-refractivity contribution in [2.45, 2.75) is 65.8 Å². The Hall–Kier alpha value is -2.18. The van der Waals surface area contributed by atoms with Gasteiger partial charge in [-0.1, -0.05) is 43.7 Å². The van der Waals surface area contributed by atoms with Gasteiger partial charge in [-0.15, -0.1) is 0 Å². The fourth-order valence-corrected chi connectivity index (χ4v) is 3.57. The van der Waals surface area contributed by atoms with E-state index in [0.29, 0.717) is 36.6 Å². The monoisotopic (exact) mass is 399 g/mol. The van der Waals surface area contributed by atoms with E-state index in [1.165, 1.54) is 17.4 Å². The lowest BCUT2D eigenvalue weighted by molar-refractivity contribution is 0.0853. The first-order chi connectivity index (χ1) is 13.9. The highest BCUT2D eigenvalue weighted by molar-refractivity contribution is 5.91. The van der Waals surface area contributed by atoms with Crippen molar-refractivity contribution in [3.63, 3.8) is 0 Å². The highest BCUT2D eigenvalue weighted by Crippen LogP contribution is 2.19. The third kappa shape index (κ3) is 6.15. The molecule has 0 radical (unpaired) electrons. The number of aromatic nitrogens is 1. The molecule has 3 rings (SSSR count). The van der Waals surface area contributed by atoms with Crippen molar-refractivity contribution in [2.75, 3.05) is 13.2 Å². The van der Waals surface area contributed by atoms with Crippen molar-refractivity contribution in [1.29, 1.82) is 0 Å². The molecule has 2 aromatic rings. The topological polar surface area (TPSA) is 67.6 Å². The van der Waals surface area contributed by atoms with Crippen LogP contribution in [-0.2, 0) is 17.8 Å². The molecule has 1 amide bonds. The van der Waals surface area contributed by atoms with Crippen LogP contribution >= 0.6 is 0 Å². The summed E-state index contributed by atoms with van der Waals surface area (Å²) in [5, 5.41) is 2.89. The zero-order valence-electron chi connectivity index (χ0n) is 18.0. The standard InChI is InChI=1S/C23H33N3O3/c1-16(2)18(4)26(13-19-8-5-7-17(3)11-19)14-22-25-21(15-29-22)23(27)24-12-20-9-6-10-28-20/h5,7-8,11,15-16,18,20H,6,9-10,12-14H2,1-4H3,(H,24,27). The van der Waals surface area contributed by atoms with Gasteiger partial charge in [0.05, 0.1) is 12.6 Å². The summed E-state index contributed by atoms with van der Waals surface area (Å²) in [6.07, 6.45) is 3.61. The molecule has 1 fully saturated rings. The number of carbonyl (C=O) groups excluding carboxylic acids is 1. The smallest absolute Gasteiger partial charge is 0.273 e. The molecule has 1 aliphatic rings. The van der Waals surface area contributed by atoms with Gasteiger partial charge in [0.2, 0.25) is 5.89 Å². The van der Waals surface area contributed by atoms with Gasteiger partial charge in [-0.2, -0.15) is 0 Å². The summed E-state index contributed by atoms with van der Waals surface area (Å²) in [5.41, 5.74) is 2.84. The summed E-state index contributed by atoms with van der Waals surface area (Å²) in [7, 11) is 0. The van der Waals surface area contributed by atoms with Crippen molar-refractivity contribution in [3.05, 3.63) is 53.2 Å². The lowest BCUT2D eigenvalue weighted by Crippen LogP contribution is -2.36. The Bertz CT molecular complexity index is 796. The van der Waals surface area contributed by atoms with Crippen LogP contribution in [0.25, 0.3) is 0 Å². The van der Waals surface area contributed by atoms with Crippen LogP contribution in [0.2, 0.25) is 0 Å². The minimum atomic E-state index is -0.211. The van der Waals surface area contributed by atoms with Crippen LogP contribution < -0.4 is 5.32 Å². The minimum absolute atomic E-state index is 0.113. The SMILES string of the molecule is Cc1cccc(CN(Cc2nc(C(=O)NCC3CCCO3)co2)C(C)C(C)C)c1. The predicted molar refractivity (Wildman–Crippen MR) is 113 cm³/mol. The molecule has 2 atom stereocenters. The van der Waals surface area contributed by atoms with Crippen LogP contribution in [-0.4, -0.2) is 41.1 Å². The van der Waals surface area contributed by atoms with E-state index in [9.17, 15) is 4.79 Å². The van der Waals surface area contributed by atoms with Crippen LogP contribution in [0.1, 0.15) is 61.1 Å². The predicted octanol–water partition coefficient (Wildman–Crippen LogP) is 3.94. The molecule has 1 aromatic carbocycles. The lowest BCUT2D eigenvalue weighted by atomic mass is 10.0. The van der Waals surface area contributed by atoms with E-state index in [1.54, 1.807) is 0 Å². The van der Waals surface area contributed by atoms with E-state index in [-0.39, 0.29) is 12.0 Å². The molecule has 158 valence electrons. The van der Waals surface area contributed by atoms with Crippen molar-refractivity contribution in [1.82, 2.24) is 15.2 Å². The highest BCUT2D eigenvalue weighted by Gasteiger charge is 2.22. The molecule has 0 spiro atoms. The Kier molecular flexibility index (Phi) is 7.45. The van der Waals surface area contributed by atoms with E-state index < -0.39 is 0 Å². The maximum absolute atomic E-state index is 12.4. The molecular formula is C23H33N3O3. The summed E-state index contributed by atoms with van der Waals surface area (Å²) < 4.78 is 11.2. The molecule has 6 nitrogen and oxygen atoms in total. The number of aryl methyl sites for hydroxylation is 1. The number of oxazole rings is 1. The lowest BCUT2D eigenvalue weighted by Gasteiger charge is -2.30. The van der Waals surface area contributed by atoms with Gasteiger partial charge in [0.15, 0.2) is 5.69 Å². The van der Waals surface area contributed by atoms with Crippen LogP contribution in [0.3, 0.4) is 0 Å². The molecule has 0 aliphatic carbocycles. The van der Waals surface area contributed by atoms with Gasteiger partial charge in [-0.3, -0.25) is 9.69 Å². The molecule has 1 aliphatic heterocycles. The van der Waals surface area contributed by atoms with Crippen molar-refractivity contribution >= 4 is 5.91 Å². The second kappa shape index (κ2) is 10.0. The second-order valence-electron chi connectivity index (χ2n) is 8.35. The maximum Gasteiger partial charge on any atom is 0.273 e. The van der Waals surface area contributed by atoms with E-state index in [2.05, 4.69) is 67.2 Å². The second-order valence-corrected chi connectivity index (χ2v) is 8.35. The molecule has 0 bridgehead atoms. The van der Waals surface area contributed by atoms with Crippen molar-refractivity contribution < 1.29 is 13.9 Å². The molecule has 2 heterocycles. The Morgan fingerprint density at radius 1 is 1.31 bits per heavy atom. The van der Waals surface area contributed by atoms with E-state index >= 15 is 0 Å². The average Bonchev–Trinajstić information content (AvgIpc) is 3.37. The number of ether oxygens (including phenoxy) is 1. The van der Waals surface area contributed by atoms with Gasteiger partial charge in [-0.25, -0.2) is 4.98 Å². The largest absolute Gasteiger partial charge is 0.447 e. The summed E-state index contributed by atoms with van der Waals surface area (Å²) >= 11 is 0. The molecule has 6 heteroatoms. The van der Waals surface area contributed by atoms with E-state index in [0.717, 1.165) is 26.0 Å². The number of carbonyl (C=O) groups is 1. The van der Waals surface area contributed by atoms with Gasteiger partial charge in [0, 0.05) is 25.7 Å². The van der Waals surface area contributed by atoms with Gasteiger partial charge >= 0.3 is 0 Å². The van der Waals surface area contributed by atoms with Gasteiger partial charge in [0.1, 0.15) is 6.26 Å². The number of nitrogens with zero attached hydrogens (tertiary/aromatic N) is 2. The van der Waals surface area contributed by atoms with Gasteiger partial charge < -0.3 is 14.5 Å². The fraction of sp³-hybridized carbons (Fsp3) is 0.565. The minimum Gasteiger partial charge on any atom is -0.447 e. The highest BCUT2D eigenvalue weighted by atomic mass is 16.5. The quantitative estimate of drug-likeness (QED) is 0.692. The molecule has 1 N–H and O–H groups in total. The zero-order valence-corrected chi connectivity index (χ0v) is 18.0. The number of benzene rings is 1. The first kappa shape index (κ1) is 21.5. The van der Waals surface area contributed by atoms with Crippen LogP contribution in [0.15, 0.2) is 34.9 Å². The normalized spacial score (nSPS) is 17.8. The third-order valence-electron chi connectivity index (χ3n) is 5.65. The Morgan fingerprint density at radius 3 is 2.83 bits per heavy atom. The summed E-state index contributed by atoms with van der Waals surface area (Å²) in [5.74, 6) is 0.842. The molecular weight excluding hydrogens is 366 g/mol. The summed E-state index contributed by atoms with van der Waals surface area (Å²) in [4.78, 5) is 19.1. The first-order valence-corrected chi connectivity index (χ1v) is 10.6. The summed E-state index contributed by atoms with van der Waals surface area (Å²) in [6.45, 7) is 11.4. The average molecular weight is 400 g/mol. The van der Waals surface area contributed by atoms with Crippen molar-refractivity contribution in [3.8, 4) is 0 Å². The number of rotatable bonds is 9. The molecule has 1 saturated heterocycles. The number of hydrogen-bond acceptors (Lipinski definition) is 5. The number of amides is 1. The number of hydrogen-bond donors (Lipinski definition) is 1. The van der Waals surface area contributed by atoms with Crippen molar-refractivity contribution in [2.24, 2.45) is 5.92 Å². The maximum atomic E-state index is 12.4. The fourth-order valence-electron chi connectivity index (χ4n) is 3.57. The van der Waals surface area contributed by atoms with Gasteiger partial charge in [0.25, 0.3) is 5.91 Å². The molecule has 0 saturated carbocycles. The van der Waals surface area contributed by atoms with Gasteiger partial charge in [-0.05, 0) is 38.2 Å². The first-order valence-electron chi connectivity index (χ1n) is 10.6. The van der Waals surface area contributed by atoms with Crippen LogP contribution in [0.4, 0.5) is 0 Å². The van der Waals surface area contributed by atoms with E-state index in [1.807, 2.05) is 0 Å². The van der Waals surface area contributed by atoms with Crippen LogP contribution in [0.5, 0.6) is 0 Å². The third-order valence-corrected chi connectivity index (χ3v) is 5.65. The Labute approximate surface area is 173 Å². The van der Waals surface area contributed by atoms with Crippen LogP contribution in [0, 0.1) is 12.8 Å². The summed E-state index contributed by atoms with van der Waals surface area (Å²) in [6, 6.07) is 8.89. The Morgan fingerprint density at radius 2 is 2.14 bits per heavy atom. The molecule has 2 unspecified atom stereocenters. The molecule has 29 heavy (non-hydrogen) atoms. The van der Waals surface area contributed by atoms with E-state index in [4.69, 9.17) is 9.15 Å². The number of nitrogens with one attached hydrogen (secondary N) is 1. The Balaban J connectivity index is 1.63.